The van der Waals surface area contributed by atoms with Gasteiger partial charge in [0.05, 0.1) is 6.61 Å². The summed E-state index contributed by atoms with van der Waals surface area (Å²) in [7, 11) is 0. The number of allylic oxidation sites excluding steroid dienone is 3. The van der Waals surface area contributed by atoms with Crippen molar-refractivity contribution in [2.75, 3.05) is 39.6 Å². The maximum absolute atomic E-state index is 11.4. The van der Waals surface area contributed by atoms with Crippen LogP contribution in [0, 0.1) is 0 Å². The highest BCUT2D eigenvalue weighted by atomic mass is 32.1. The molecule has 5 saturated heterocycles. The summed E-state index contributed by atoms with van der Waals surface area (Å²) < 4.78 is 27.5. The molecule has 2 unspecified atom stereocenters. The van der Waals surface area contributed by atoms with E-state index in [1.54, 1.807) is 6.92 Å². The van der Waals surface area contributed by atoms with Gasteiger partial charge in [-0.3, -0.25) is 30.3 Å². The summed E-state index contributed by atoms with van der Waals surface area (Å²) in [5, 5.41) is 26.0. The van der Waals surface area contributed by atoms with Gasteiger partial charge in [0, 0.05) is 45.0 Å². The predicted molar refractivity (Wildman–Crippen MR) is 342 cm³/mol. The lowest BCUT2D eigenvalue weighted by Gasteiger charge is -2.22. The second kappa shape index (κ2) is 52.3. The number of carbonyl (C=O) groups excluding carboxylic acids is 5. The van der Waals surface area contributed by atoms with E-state index in [9.17, 15) is 24.0 Å². The van der Waals surface area contributed by atoms with Crippen molar-refractivity contribution < 1.29 is 52.8 Å². The fraction of sp³-hybridized carbons (Fsp3) is 0.746. The second-order valence-electron chi connectivity index (χ2n) is 21.8. The van der Waals surface area contributed by atoms with Crippen LogP contribution in [0.15, 0.2) is 47.5 Å². The Morgan fingerprint density at radius 3 is 1.08 bits per heavy atom. The first-order valence-corrected chi connectivity index (χ1v) is 33.0. The van der Waals surface area contributed by atoms with Gasteiger partial charge >= 0.3 is 5.97 Å². The first kappa shape index (κ1) is 75.1. The van der Waals surface area contributed by atoms with Gasteiger partial charge in [0.15, 0.2) is 27.9 Å². The van der Waals surface area contributed by atoms with Gasteiger partial charge in [-0.15, -0.1) is 0 Å². The standard InChI is InChI=1S/C18H30N2O3S.C17H26N2O3S.C15H28O3.C13H22N2O2S/c21-17-15(19-18(24)20-17)11-7-5-3-1-2-4-6-9-13-22-16-12-8-10-14-23-16;1-13(2)16(21)22-12-10-8-6-4-3-5-7-9-11-14-15(20)19-17(23)18-14;16-12-8-5-3-1-2-4-6-9-13-17-15-11-7-10-14-18-15;16-10-8-6-4-2-1-3-5-7-9-11-12(17)15-13(18)14-11/h11,16H,1-10,12-14H2,(H2,19,20,21,24);11H,1,3-10,12H2,2H3,(H2,18,19,20,23);12,15H,1-11,13-14H2;9,16H,1-8,10H2,(H2,14,15,17,18)/b15-11-;14-11-;;11-9-. The molecule has 5 fully saturated rings. The highest BCUT2D eigenvalue weighted by Crippen LogP contribution is 2.18. The number of hydrogen-bond acceptors (Lipinski definition) is 14. The summed E-state index contributed by atoms with van der Waals surface area (Å²) in [6.45, 7) is 9.38. The van der Waals surface area contributed by atoms with Crippen molar-refractivity contribution in [1.29, 1.82) is 0 Å². The molecule has 20 heteroatoms. The number of unbranched alkanes of at least 4 members (excludes halogenated alkanes) is 28. The molecule has 0 aromatic rings. The number of nitrogens with one attached hydrogen (secondary N) is 6. The van der Waals surface area contributed by atoms with Crippen LogP contribution in [0.3, 0.4) is 0 Å². The van der Waals surface area contributed by atoms with Crippen molar-refractivity contribution in [3.8, 4) is 0 Å². The quantitative estimate of drug-likeness (QED) is 0.00992. The zero-order valence-electron chi connectivity index (χ0n) is 50.5. The summed E-state index contributed by atoms with van der Waals surface area (Å²) in [5.74, 6) is -0.669. The van der Waals surface area contributed by atoms with E-state index in [1.165, 1.54) is 128 Å². The van der Waals surface area contributed by atoms with Crippen LogP contribution in [-0.4, -0.2) is 103 Å². The normalized spacial score (nSPS) is 18.8. The zero-order chi connectivity index (χ0) is 60.2. The molecule has 0 aromatic heterocycles. The molecule has 5 rings (SSSR count). The number of thiocarbonyl (C=S) groups is 3. The average Bonchev–Trinajstić information content (AvgIpc) is 4.18. The summed E-state index contributed by atoms with van der Waals surface area (Å²) >= 11 is 14.6. The molecule has 472 valence electrons. The monoisotopic (exact) mass is 1220 g/mol. The van der Waals surface area contributed by atoms with Gasteiger partial charge in [0.25, 0.3) is 17.7 Å². The van der Waals surface area contributed by atoms with E-state index in [4.69, 9.17) is 65.4 Å². The van der Waals surface area contributed by atoms with Gasteiger partial charge < -0.3 is 49.5 Å². The fourth-order valence-corrected chi connectivity index (χ4v) is 9.94. The number of carbonyl (C=O) groups is 5. The zero-order valence-corrected chi connectivity index (χ0v) is 53.0. The number of rotatable bonds is 42. The topological polar surface area (TPSA) is 224 Å². The molecule has 17 nitrogen and oxygen atoms in total. The van der Waals surface area contributed by atoms with Crippen LogP contribution < -0.4 is 31.9 Å². The Morgan fingerprint density at radius 1 is 0.482 bits per heavy atom. The van der Waals surface area contributed by atoms with Gasteiger partial charge in [0.2, 0.25) is 0 Å². The average molecular weight is 1220 g/mol. The molecule has 0 spiro atoms. The molecule has 7 N–H and O–H groups in total. The van der Waals surface area contributed by atoms with Gasteiger partial charge in [-0.25, -0.2) is 4.79 Å². The Morgan fingerprint density at radius 2 is 0.795 bits per heavy atom. The number of ether oxygens (including phenoxy) is 5. The Bertz CT molecular complexity index is 1960. The lowest BCUT2D eigenvalue weighted by Crippen LogP contribution is -2.22. The largest absolute Gasteiger partial charge is 0.462 e. The lowest BCUT2D eigenvalue weighted by atomic mass is 10.1. The van der Waals surface area contributed by atoms with E-state index < -0.39 is 0 Å². The Kier molecular flexibility index (Phi) is 47.3. The number of amides is 3. The maximum Gasteiger partial charge on any atom is 0.333 e. The second-order valence-corrected chi connectivity index (χ2v) is 23.0. The summed E-state index contributed by atoms with van der Waals surface area (Å²) in [6, 6.07) is 0. The van der Waals surface area contributed by atoms with Crippen molar-refractivity contribution in [1.82, 2.24) is 31.9 Å². The lowest BCUT2D eigenvalue weighted by molar-refractivity contribution is -0.163. The maximum atomic E-state index is 11.4. The van der Waals surface area contributed by atoms with Crippen LogP contribution in [0.1, 0.15) is 251 Å². The Labute approximate surface area is 514 Å². The van der Waals surface area contributed by atoms with Crippen LogP contribution in [0.4, 0.5) is 0 Å². The van der Waals surface area contributed by atoms with Crippen LogP contribution in [0.5, 0.6) is 0 Å². The van der Waals surface area contributed by atoms with Crippen molar-refractivity contribution in [2.45, 2.75) is 263 Å². The molecular formula is C63H106N6O11S3. The van der Waals surface area contributed by atoms with Gasteiger partial charge in [-0.1, -0.05) is 153 Å². The fourth-order valence-electron chi connectivity index (χ4n) is 9.33. The van der Waals surface area contributed by atoms with Gasteiger partial charge in [-0.2, -0.15) is 0 Å². The third-order valence-corrected chi connectivity index (χ3v) is 14.8. The first-order valence-electron chi connectivity index (χ1n) is 31.7. The van der Waals surface area contributed by atoms with E-state index in [1.807, 2.05) is 18.2 Å². The number of esters is 1. The molecule has 0 radical (unpaired) electrons. The van der Waals surface area contributed by atoms with Crippen molar-refractivity contribution in [3.63, 3.8) is 0 Å². The van der Waals surface area contributed by atoms with Gasteiger partial charge in [0.1, 0.15) is 23.4 Å². The van der Waals surface area contributed by atoms with Crippen molar-refractivity contribution in [3.05, 3.63) is 47.5 Å². The van der Waals surface area contributed by atoms with E-state index in [-0.39, 0.29) is 36.3 Å². The molecular weight excluding hydrogens is 1110 g/mol. The number of aliphatic hydroxyl groups excluding tert-OH is 1. The van der Waals surface area contributed by atoms with Crippen LogP contribution in [0.25, 0.3) is 0 Å². The smallest absolute Gasteiger partial charge is 0.333 e. The molecule has 0 bridgehead atoms. The van der Waals surface area contributed by atoms with Gasteiger partial charge in [-0.05, 0) is 153 Å². The van der Waals surface area contributed by atoms with Crippen LogP contribution in [0.2, 0.25) is 0 Å². The number of aldehydes is 1. The highest BCUT2D eigenvalue weighted by Gasteiger charge is 2.21. The Hall–Kier alpha value is -4.02. The molecule has 0 aliphatic carbocycles. The van der Waals surface area contributed by atoms with Crippen LogP contribution >= 0.6 is 36.7 Å². The minimum absolute atomic E-state index is 0.0543. The molecule has 0 aromatic carbocycles. The minimum atomic E-state index is -0.301. The summed E-state index contributed by atoms with van der Waals surface area (Å²) in [4.78, 5) is 55.4. The Balaban J connectivity index is 0.000000381. The van der Waals surface area contributed by atoms with Crippen molar-refractivity contribution in [2.24, 2.45) is 0 Å². The van der Waals surface area contributed by atoms with Crippen molar-refractivity contribution >= 4 is 82.0 Å². The third kappa shape index (κ3) is 42.4. The van der Waals surface area contributed by atoms with E-state index in [0.29, 0.717) is 51.2 Å². The van der Waals surface area contributed by atoms with Crippen LogP contribution in [-0.2, 0) is 47.7 Å². The molecule has 3 amide bonds. The summed E-state index contributed by atoms with van der Waals surface area (Å²) in [5.41, 5.74) is 2.20. The van der Waals surface area contributed by atoms with E-state index in [2.05, 4.69) is 38.5 Å². The molecule has 0 saturated carbocycles. The third-order valence-electron chi connectivity index (χ3n) is 14.2. The predicted octanol–water partition coefficient (Wildman–Crippen LogP) is 12.5. The number of aliphatic hydroxyl groups is 1. The summed E-state index contributed by atoms with van der Waals surface area (Å²) in [6.07, 6.45) is 50.1. The van der Waals surface area contributed by atoms with E-state index in [0.717, 1.165) is 148 Å². The molecule has 2 atom stereocenters. The molecule has 5 aliphatic rings. The SMILES string of the molecule is C=C(C)C(=O)OCCCCCCCCC/C=C1\NC(=S)NC1=O.O=C1NC(=S)N/C1=C\CCCCCCCCCO.O=C1NC(=S)N/C1=C\CCCCCCCCCOC1CCCCO1.O=CCCCCCCCCCOC1CCCCO1. The molecule has 5 aliphatic heterocycles. The minimum Gasteiger partial charge on any atom is -0.462 e. The number of hydrogen-bond donors (Lipinski definition) is 7. The molecule has 5 heterocycles. The molecule has 83 heavy (non-hydrogen) atoms. The van der Waals surface area contributed by atoms with E-state index >= 15 is 0 Å². The highest BCUT2D eigenvalue weighted by molar-refractivity contribution is 7.80. The first-order chi connectivity index (χ1) is 40.4.